The van der Waals surface area contributed by atoms with E-state index in [1.54, 1.807) is 49.5 Å². The van der Waals surface area contributed by atoms with Gasteiger partial charge in [0, 0.05) is 11.9 Å². The molecule has 2 rings (SSSR count). The molecule has 0 unspecified atom stereocenters. The highest BCUT2D eigenvalue weighted by Crippen LogP contribution is 2.17. The van der Waals surface area contributed by atoms with Crippen molar-refractivity contribution in [1.82, 2.24) is 4.98 Å². The molecule has 0 aliphatic carbocycles. The van der Waals surface area contributed by atoms with Crippen molar-refractivity contribution in [2.24, 2.45) is 0 Å². The van der Waals surface area contributed by atoms with Crippen LogP contribution in [0.5, 0.6) is 0 Å². The third-order valence-corrected chi connectivity index (χ3v) is 3.86. The number of para-hydroxylation sites is 1. The molecule has 0 bridgehead atoms. The minimum atomic E-state index is -3.53. The standard InChI is InChI=1S/C13H15N3O2S/c1-10-5-4-8-15-13(10)16-19(17,18)9-11-6-2-3-7-12(11)14/h2-8H,9,14H2,1H3,(H,15,16). The van der Waals surface area contributed by atoms with E-state index in [9.17, 15) is 8.42 Å². The molecule has 0 saturated carbocycles. The van der Waals surface area contributed by atoms with Crippen molar-refractivity contribution in [2.45, 2.75) is 12.7 Å². The van der Waals surface area contributed by atoms with Gasteiger partial charge in [0.05, 0.1) is 5.75 Å². The summed E-state index contributed by atoms with van der Waals surface area (Å²) in [7, 11) is -3.53. The number of hydrogen-bond acceptors (Lipinski definition) is 4. The van der Waals surface area contributed by atoms with Crippen LogP contribution in [0.1, 0.15) is 11.1 Å². The summed E-state index contributed by atoms with van der Waals surface area (Å²) in [6.45, 7) is 1.79. The quantitative estimate of drug-likeness (QED) is 0.836. The predicted octanol–water partition coefficient (Wildman–Crippen LogP) is 1.91. The van der Waals surface area contributed by atoms with Gasteiger partial charge in [-0.2, -0.15) is 0 Å². The maximum Gasteiger partial charge on any atom is 0.238 e. The summed E-state index contributed by atoms with van der Waals surface area (Å²) in [5.41, 5.74) is 7.55. The Morgan fingerprint density at radius 3 is 2.63 bits per heavy atom. The van der Waals surface area contributed by atoms with E-state index >= 15 is 0 Å². The number of rotatable bonds is 4. The molecule has 100 valence electrons. The lowest BCUT2D eigenvalue weighted by atomic mass is 10.2. The zero-order valence-electron chi connectivity index (χ0n) is 10.5. The molecule has 3 N–H and O–H groups in total. The van der Waals surface area contributed by atoms with Gasteiger partial charge in [-0.05, 0) is 30.2 Å². The van der Waals surface area contributed by atoms with Crippen LogP contribution >= 0.6 is 0 Å². The summed E-state index contributed by atoms with van der Waals surface area (Å²) in [5, 5.41) is 0. The van der Waals surface area contributed by atoms with Crippen LogP contribution in [0.2, 0.25) is 0 Å². The minimum Gasteiger partial charge on any atom is -0.398 e. The highest BCUT2D eigenvalue weighted by molar-refractivity contribution is 7.91. The fourth-order valence-electron chi connectivity index (χ4n) is 1.65. The van der Waals surface area contributed by atoms with Gasteiger partial charge in [0.25, 0.3) is 0 Å². The molecule has 0 aliphatic rings. The van der Waals surface area contributed by atoms with Crippen LogP contribution in [-0.2, 0) is 15.8 Å². The lowest BCUT2D eigenvalue weighted by Gasteiger charge is -2.10. The molecular formula is C13H15N3O2S. The molecule has 0 atom stereocenters. The summed E-state index contributed by atoms with van der Waals surface area (Å²) in [6.07, 6.45) is 1.54. The first-order chi connectivity index (χ1) is 8.98. The fourth-order valence-corrected chi connectivity index (χ4v) is 2.90. The van der Waals surface area contributed by atoms with E-state index in [1.807, 2.05) is 0 Å². The van der Waals surface area contributed by atoms with Crippen molar-refractivity contribution < 1.29 is 8.42 Å². The number of aryl methyl sites for hydroxylation is 1. The molecule has 2 aromatic rings. The largest absolute Gasteiger partial charge is 0.398 e. The fraction of sp³-hybridized carbons (Fsp3) is 0.154. The smallest absolute Gasteiger partial charge is 0.238 e. The molecule has 0 fully saturated rings. The molecule has 1 aromatic carbocycles. The van der Waals surface area contributed by atoms with Gasteiger partial charge in [-0.15, -0.1) is 0 Å². The van der Waals surface area contributed by atoms with Crippen molar-refractivity contribution in [2.75, 3.05) is 10.5 Å². The topological polar surface area (TPSA) is 85.1 Å². The highest BCUT2D eigenvalue weighted by atomic mass is 32.2. The van der Waals surface area contributed by atoms with Crippen LogP contribution in [0.25, 0.3) is 0 Å². The van der Waals surface area contributed by atoms with Gasteiger partial charge in [-0.3, -0.25) is 4.72 Å². The molecule has 5 nitrogen and oxygen atoms in total. The van der Waals surface area contributed by atoms with Crippen LogP contribution in [0.3, 0.4) is 0 Å². The molecule has 6 heteroatoms. The first-order valence-corrected chi connectivity index (χ1v) is 7.39. The van der Waals surface area contributed by atoms with Gasteiger partial charge < -0.3 is 5.73 Å². The van der Waals surface area contributed by atoms with Crippen molar-refractivity contribution in [3.8, 4) is 0 Å². The number of aromatic nitrogens is 1. The molecule has 0 amide bonds. The maximum atomic E-state index is 12.1. The molecule has 0 radical (unpaired) electrons. The van der Waals surface area contributed by atoms with Crippen LogP contribution in [-0.4, -0.2) is 13.4 Å². The Hall–Kier alpha value is -2.08. The maximum absolute atomic E-state index is 12.1. The summed E-state index contributed by atoms with van der Waals surface area (Å²) >= 11 is 0. The Balaban J connectivity index is 2.21. The molecule has 0 spiro atoms. The van der Waals surface area contributed by atoms with E-state index in [1.165, 1.54) is 0 Å². The molecule has 0 aliphatic heterocycles. The number of nitrogens with two attached hydrogens (primary N) is 1. The summed E-state index contributed by atoms with van der Waals surface area (Å²) in [6, 6.07) is 10.4. The van der Waals surface area contributed by atoms with Crippen molar-refractivity contribution in [3.63, 3.8) is 0 Å². The van der Waals surface area contributed by atoms with Gasteiger partial charge in [0.2, 0.25) is 10.0 Å². The second-order valence-electron chi connectivity index (χ2n) is 4.23. The first kappa shape index (κ1) is 13.4. The highest BCUT2D eigenvalue weighted by Gasteiger charge is 2.15. The number of nitrogens with zero attached hydrogens (tertiary/aromatic N) is 1. The zero-order chi connectivity index (χ0) is 13.9. The van der Waals surface area contributed by atoms with Gasteiger partial charge in [-0.25, -0.2) is 13.4 Å². The Bertz CT molecular complexity index is 630. The molecule has 0 saturated heterocycles. The second kappa shape index (κ2) is 5.27. The van der Waals surface area contributed by atoms with E-state index < -0.39 is 10.0 Å². The van der Waals surface area contributed by atoms with Crippen LogP contribution in [0.15, 0.2) is 42.6 Å². The number of pyridine rings is 1. The van der Waals surface area contributed by atoms with Crippen molar-refractivity contribution in [3.05, 3.63) is 53.7 Å². The average molecular weight is 277 g/mol. The normalized spacial score (nSPS) is 11.2. The van der Waals surface area contributed by atoms with E-state index in [0.717, 1.165) is 5.56 Å². The predicted molar refractivity (Wildman–Crippen MR) is 76.1 cm³/mol. The van der Waals surface area contributed by atoms with Gasteiger partial charge >= 0.3 is 0 Å². The Morgan fingerprint density at radius 1 is 1.21 bits per heavy atom. The van der Waals surface area contributed by atoms with E-state index in [0.29, 0.717) is 17.1 Å². The monoisotopic (exact) mass is 277 g/mol. The lowest BCUT2D eigenvalue weighted by molar-refractivity contribution is 0.600. The Morgan fingerprint density at radius 2 is 1.95 bits per heavy atom. The molecule has 1 heterocycles. The molecular weight excluding hydrogens is 262 g/mol. The van der Waals surface area contributed by atoms with Gasteiger partial charge in [0.15, 0.2) is 0 Å². The summed E-state index contributed by atoms with van der Waals surface area (Å²) in [5.74, 6) is 0.174. The number of sulfonamides is 1. The Labute approximate surface area is 112 Å². The van der Waals surface area contributed by atoms with E-state index in [4.69, 9.17) is 5.73 Å². The van der Waals surface area contributed by atoms with E-state index in [-0.39, 0.29) is 5.75 Å². The summed E-state index contributed by atoms with van der Waals surface area (Å²) < 4.78 is 26.6. The molecule has 19 heavy (non-hydrogen) atoms. The van der Waals surface area contributed by atoms with Crippen LogP contribution in [0.4, 0.5) is 11.5 Å². The Kier molecular flexibility index (Phi) is 3.71. The van der Waals surface area contributed by atoms with Crippen molar-refractivity contribution >= 4 is 21.5 Å². The third kappa shape index (κ3) is 3.45. The van der Waals surface area contributed by atoms with Crippen molar-refractivity contribution in [1.29, 1.82) is 0 Å². The van der Waals surface area contributed by atoms with Gasteiger partial charge in [-0.1, -0.05) is 24.3 Å². The average Bonchev–Trinajstić information content (AvgIpc) is 2.35. The lowest BCUT2D eigenvalue weighted by Crippen LogP contribution is -2.17. The number of benzene rings is 1. The van der Waals surface area contributed by atoms with Gasteiger partial charge in [0.1, 0.15) is 5.82 Å². The minimum absolute atomic E-state index is 0.171. The van der Waals surface area contributed by atoms with Crippen LogP contribution < -0.4 is 10.5 Å². The zero-order valence-corrected chi connectivity index (χ0v) is 11.3. The number of nitrogens with one attached hydrogen (secondary N) is 1. The third-order valence-electron chi connectivity index (χ3n) is 2.66. The van der Waals surface area contributed by atoms with E-state index in [2.05, 4.69) is 9.71 Å². The first-order valence-electron chi connectivity index (χ1n) is 5.73. The number of anilines is 2. The summed E-state index contributed by atoms with van der Waals surface area (Å²) in [4.78, 5) is 4.01. The number of hydrogen-bond donors (Lipinski definition) is 2. The SMILES string of the molecule is Cc1cccnc1NS(=O)(=O)Cc1ccccc1N. The number of nitrogen functional groups attached to an aromatic ring is 1. The second-order valence-corrected chi connectivity index (χ2v) is 5.95. The molecule has 1 aromatic heterocycles. The van der Waals surface area contributed by atoms with Crippen LogP contribution in [0, 0.1) is 6.92 Å².